The molecule has 4 rings (SSSR count). The molecule has 4 nitrogen and oxygen atoms in total. The standard InChI is InChI=1S/C23H21BrN2O2/c1-14(25-27-4)18-13-20(16-9-6-5-7-10-16)28-23(18)21-15(2)26(3)22-17(21)11-8-12-19(22)24/h5-13H,1-4H3/b25-14+. The molecule has 0 atom stereocenters. The van der Waals surface area contributed by atoms with Gasteiger partial charge in [0.05, 0.1) is 11.2 Å². The first kappa shape index (κ1) is 18.6. The van der Waals surface area contributed by atoms with Crippen molar-refractivity contribution in [1.29, 1.82) is 0 Å². The summed E-state index contributed by atoms with van der Waals surface area (Å²) in [5.74, 6) is 1.61. The zero-order chi connectivity index (χ0) is 19.8. The van der Waals surface area contributed by atoms with Crippen molar-refractivity contribution < 1.29 is 9.25 Å². The predicted octanol–water partition coefficient (Wildman–Crippen LogP) is 6.55. The summed E-state index contributed by atoms with van der Waals surface area (Å²) in [5, 5.41) is 5.30. The third-order valence-corrected chi connectivity index (χ3v) is 5.73. The Morgan fingerprint density at radius 1 is 1.11 bits per heavy atom. The van der Waals surface area contributed by atoms with Gasteiger partial charge in [-0.15, -0.1) is 0 Å². The van der Waals surface area contributed by atoms with E-state index in [1.54, 1.807) is 7.11 Å². The molecule has 0 saturated heterocycles. The van der Waals surface area contributed by atoms with Crippen LogP contribution in [0.3, 0.4) is 0 Å². The Morgan fingerprint density at radius 2 is 1.86 bits per heavy atom. The fourth-order valence-electron chi connectivity index (χ4n) is 3.65. The van der Waals surface area contributed by atoms with Crippen molar-refractivity contribution in [2.45, 2.75) is 13.8 Å². The number of fused-ring (bicyclic) bond motifs is 1. The zero-order valence-corrected chi connectivity index (χ0v) is 17.9. The number of rotatable bonds is 4. The molecule has 0 amide bonds. The van der Waals surface area contributed by atoms with Gasteiger partial charge >= 0.3 is 0 Å². The van der Waals surface area contributed by atoms with Crippen molar-refractivity contribution >= 4 is 32.5 Å². The van der Waals surface area contributed by atoms with Gasteiger partial charge in [-0.25, -0.2) is 0 Å². The Balaban J connectivity index is 2.04. The molecule has 0 unspecified atom stereocenters. The molecule has 0 fully saturated rings. The van der Waals surface area contributed by atoms with Gasteiger partial charge in [-0.1, -0.05) is 47.6 Å². The average molecular weight is 437 g/mol. The molecule has 4 aromatic rings. The van der Waals surface area contributed by atoms with E-state index in [9.17, 15) is 0 Å². The van der Waals surface area contributed by atoms with Gasteiger partial charge < -0.3 is 13.8 Å². The molecule has 0 spiro atoms. The average Bonchev–Trinajstić information content (AvgIpc) is 3.23. The van der Waals surface area contributed by atoms with Crippen molar-refractivity contribution in [2.75, 3.05) is 7.11 Å². The number of halogens is 1. The Kier molecular flexibility index (Phi) is 4.85. The molecule has 0 aliphatic carbocycles. The number of hydrogen-bond acceptors (Lipinski definition) is 3. The molecule has 5 heteroatoms. The summed E-state index contributed by atoms with van der Waals surface area (Å²) >= 11 is 3.69. The van der Waals surface area contributed by atoms with Crippen LogP contribution in [-0.2, 0) is 11.9 Å². The monoisotopic (exact) mass is 436 g/mol. The summed E-state index contributed by atoms with van der Waals surface area (Å²) in [7, 11) is 3.63. The van der Waals surface area contributed by atoms with Crippen LogP contribution in [-0.4, -0.2) is 17.4 Å². The maximum atomic E-state index is 6.43. The van der Waals surface area contributed by atoms with E-state index in [0.29, 0.717) is 0 Å². The Hall–Kier alpha value is -2.79. The summed E-state index contributed by atoms with van der Waals surface area (Å²) in [6.07, 6.45) is 0. The lowest BCUT2D eigenvalue weighted by atomic mass is 10.0. The highest BCUT2D eigenvalue weighted by Gasteiger charge is 2.24. The molecule has 28 heavy (non-hydrogen) atoms. The number of benzene rings is 2. The molecule has 2 heterocycles. The molecule has 0 radical (unpaired) electrons. The minimum Gasteiger partial charge on any atom is -0.455 e. The predicted molar refractivity (Wildman–Crippen MR) is 118 cm³/mol. The number of nitrogens with zero attached hydrogens (tertiary/aromatic N) is 2. The van der Waals surface area contributed by atoms with Gasteiger partial charge in [0.15, 0.2) is 0 Å². The lowest BCUT2D eigenvalue weighted by Crippen LogP contribution is -1.97. The van der Waals surface area contributed by atoms with Crippen LogP contribution in [0.2, 0.25) is 0 Å². The van der Waals surface area contributed by atoms with E-state index in [1.807, 2.05) is 49.4 Å². The van der Waals surface area contributed by atoms with Crippen LogP contribution < -0.4 is 0 Å². The van der Waals surface area contributed by atoms with Crippen LogP contribution in [0.5, 0.6) is 0 Å². The van der Waals surface area contributed by atoms with Crippen molar-refractivity contribution in [3.8, 4) is 22.6 Å². The second-order valence-corrected chi connectivity index (χ2v) is 7.59. The summed E-state index contributed by atoms with van der Waals surface area (Å²) in [5.41, 5.74) is 6.06. The van der Waals surface area contributed by atoms with E-state index in [4.69, 9.17) is 9.25 Å². The van der Waals surface area contributed by atoms with E-state index in [2.05, 4.69) is 51.8 Å². The first-order valence-electron chi connectivity index (χ1n) is 9.04. The second-order valence-electron chi connectivity index (χ2n) is 6.73. The van der Waals surface area contributed by atoms with E-state index in [-0.39, 0.29) is 0 Å². The highest BCUT2D eigenvalue weighted by Crippen LogP contribution is 2.41. The smallest absolute Gasteiger partial charge is 0.146 e. The molecule has 0 aliphatic rings. The van der Waals surface area contributed by atoms with Crippen molar-refractivity contribution in [3.05, 3.63) is 70.3 Å². The third kappa shape index (κ3) is 2.96. The van der Waals surface area contributed by atoms with Crippen LogP contribution >= 0.6 is 15.9 Å². The van der Waals surface area contributed by atoms with Crippen LogP contribution in [0.25, 0.3) is 33.6 Å². The van der Waals surface area contributed by atoms with Crippen LogP contribution in [0, 0.1) is 6.92 Å². The van der Waals surface area contributed by atoms with Gasteiger partial charge in [0.2, 0.25) is 0 Å². The summed E-state index contributed by atoms with van der Waals surface area (Å²) in [6, 6.07) is 18.4. The number of furan rings is 1. The first-order valence-corrected chi connectivity index (χ1v) is 9.83. The second kappa shape index (κ2) is 7.32. The Morgan fingerprint density at radius 3 is 2.57 bits per heavy atom. The topological polar surface area (TPSA) is 39.7 Å². The lowest BCUT2D eigenvalue weighted by molar-refractivity contribution is 0.213. The molecule has 2 aromatic heterocycles. The molecule has 0 saturated carbocycles. The molecule has 0 N–H and O–H groups in total. The fourth-order valence-corrected chi connectivity index (χ4v) is 4.28. The zero-order valence-electron chi connectivity index (χ0n) is 16.3. The fraction of sp³-hybridized carbons (Fsp3) is 0.174. The van der Waals surface area contributed by atoms with Crippen LogP contribution in [0.15, 0.2) is 68.6 Å². The molecule has 0 aliphatic heterocycles. The molecular formula is C23H21BrN2O2. The Bertz CT molecular complexity index is 1190. The highest BCUT2D eigenvalue weighted by atomic mass is 79.9. The normalized spacial score (nSPS) is 12.0. The van der Waals surface area contributed by atoms with E-state index < -0.39 is 0 Å². The number of aromatic nitrogens is 1. The quantitative estimate of drug-likeness (QED) is 0.268. The van der Waals surface area contributed by atoms with Gasteiger partial charge in [-0.3, -0.25) is 0 Å². The van der Waals surface area contributed by atoms with Crippen molar-refractivity contribution in [2.24, 2.45) is 12.2 Å². The van der Waals surface area contributed by atoms with E-state index in [1.165, 1.54) is 0 Å². The minimum atomic E-state index is 0.773. The van der Waals surface area contributed by atoms with Gasteiger partial charge in [0.25, 0.3) is 0 Å². The number of para-hydroxylation sites is 1. The highest BCUT2D eigenvalue weighted by molar-refractivity contribution is 9.10. The summed E-state index contributed by atoms with van der Waals surface area (Å²) in [4.78, 5) is 5.04. The summed E-state index contributed by atoms with van der Waals surface area (Å²) < 4.78 is 9.67. The largest absolute Gasteiger partial charge is 0.455 e. The first-order chi connectivity index (χ1) is 13.5. The van der Waals surface area contributed by atoms with Gasteiger partial charge in [-0.2, -0.15) is 0 Å². The SMILES string of the molecule is CO/N=C(\C)c1cc(-c2ccccc2)oc1-c1c(C)n(C)c2c(Br)cccc12. The van der Waals surface area contributed by atoms with E-state index >= 15 is 0 Å². The summed E-state index contributed by atoms with van der Waals surface area (Å²) in [6.45, 7) is 4.04. The molecule has 2 aromatic carbocycles. The number of aryl methyl sites for hydroxylation is 1. The van der Waals surface area contributed by atoms with Crippen LogP contribution in [0.1, 0.15) is 18.2 Å². The lowest BCUT2D eigenvalue weighted by Gasteiger charge is -2.04. The number of hydrogen-bond donors (Lipinski definition) is 0. The van der Waals surface area contributed by atoms with Gasteiger partial charge in [-0.05, 0) is 41.9 Å². The third-order valence-electron chi connectivity index (χ3n) is 5.09. The maximum absolute atomic E-state index is 6.43. The van der Waals surface area contributed by atoms with Crippen molar-refractivity contribution in [3.63, 3.8) is 0 Å². The maximum Gasteiger partial charge on any atom is 0.146 e. The molecule has 142 valence electrons. The molecule has 0 bridgehead atoms. The van der Waals surface area contributed by atoms with E-state index in [0.717, 1.165) is 55.0 Å². The number of oxime groups is 1. The van der Waals surface area contributed by atoms with Crippen molar-refractivity contribution in [1.82, 2.24) is 4.57 Å². The van der Waals surface area contributed by atoms with Crippen LogP contribution in [0.4, 0.5) is 0 Å². The Labute approximate surface area is 172 Å². The molecular weight excluding hydrogens is 416 g/mol. The van der Waals surface area contributed by atoms with Gasteiger partial charge in [0.1, 0.15) is 18.6 Å². The minimum absolute atomic E-state index is 0.773. The van der Waals surface area contributed by atoms with Gasteiger partial charge in [0, 0.05) is 39.3 Å².